The Balaban J connectivity index is 1.76. The smallest absolute Gasteiger partial charge is 0.406 e. The molecule has 34 heavy (non-hydrogen) atoms. The molecule has 1 aliphatic carbocycles. The van der Waals surface area contributed by atoms with Crippen LogP contribution in [0.2, 0.25) is 0 Å². The highest BCUT2D eigenvalue weighted by atomic mass is 32.2. The quantitative estimate of drug-likeness (QED) is 0.439. The third-order valence-electron chi connectivity index (χ3n) is 6.16. The van der Waals surface area contributed by atoms with Gasteiger partial charge in [0.1, 0.15) is 5.75 Å². The Morgan fingerprint density at radius 1 is 1.12 bits per heavy atom. The van der Waals surface area contributed by atoms with E-state index < -0.39 is 16.2 Å². The van der Waals surface area contributed by atoms with Crippen molar-refractivity contribution in [1.29, 1.82) is 0 Å². The Labute approximate surface area is 197 Å². The zero-order chi connectivity index (χ0) is 24.9. The minimum absolute atomic E-state index is 0.124. The molecule has 184 valence electrons. The molecule has 0 bridgehead atoms. The predicted octanol–water partition coefficient (Wildman–Crippen LogP) is 6.47. The largest absolute Gasteiger partial charge is 0.573 e. The summed E-state index contributed by atoms with van der Waals surface area (Å²) in [4.78, 5) is 4.87. The number of alkyl halides is 3. The van der Waals surface area contributed by atoms with Gasteiger partial charge in [-0.1, -0.05) is 20.8 Å². The number of fused-ring (bicyclic) bond motifs is 1. The van der Waals surface area contributed by atoms with Gasteiger partial charge >= 0.3 is 6.36 Å². The molecule has 2 aromatic carbocycles. The van der Waals surface area contributed by atoms with Crippen molar-refractivity contribution in [3.63, 3.8) is 0 Å². The molecule has 0 spiro atoms. The van der Waals surface area contributed by atoms with Crippen LogP contribution in [-0.4, -0.2) is 30.6 Å². The number of rotatable bonds is 5. The maximum Gasteiger partial charge on any atom is 0.573 e. The summed E-state index contributed by atoms with van der Waals surface area (Å²) in [6, 6.07) is 10.5. The van der Waals surface area contributed by atoms with E-state index in [1.165, 1.54) is 24.3 Å². The maximum absolute atomic E-state index is 12.5. The number of hydrogen-bond acceptors (Lipinski definition) is 5. The average Bonchev–Trinajstić information content (AvgIpc) is 3.03. The van der Waals surface area contributed by atoms with Gasteiger partial charge in [-0.15, -0.1) is 13.2 Å². The van der Waals surface area contributed by atoms with Crippen molar-refractivity contribution in [2.75, 3.05) is 11.6 Å². The zero-order valence-corrected chi connectivity index (χ0v) is 20.3. The minimum Gasteiger partial charge on any atom is -0.406 e. The van der Waals surface area contributed by atoms with Gasteiger partial charge in [-0.2, -0.15) is 0 Å². The van der Waals surface area contributed by atoms with Gasteiger partial charge < -0.3 is 14.6 Å². The van der Waals surface area contributed by atoms with Crippen LogP contribution in [0, 0.1) is 11.3 Å². The third-order valence-corrected chi connectivity index (χ3v) is 7.27. The number of imidazole rings is 1. The number of hydrogen-bond donors (Lipinski definition) is 1. The molecule has 1 N–H and O–H groups in total. The Hall–Kier alpha value is -2.75. The molecule has 0 amide bonds. The van der Waals surface area contributed by atoms with Gasteiger partial charge in [0.2, 0.25) is 5.95 Å². The summed E-state index contributed by atoms with van der Waals surface area (Å²) >= 11 is 0. The monoisotopic (exact) mass is 495 g/mol. The molecular formula is C24H28F3N3O3S. The third kappa shape index (κ3) is 5.48. The Bertz CT molecular complexity index is 1300. The number of aromatic nitrogens is 2. The molecule has 0 saturated heterocycles. The minimum atomic E-state index is -4.76. The molecule has 3 aromatic rings. The van der Waals surface area contributed by atoms with Gasteiger partial charge in [0, 0.05) is 18.0 Å². The van der Waals surface area contributed by atoms with E-state index in [1.54, 1.807) is 18.2 Å². The van der Waals surface area contributed by atoms with Crippen LogP contribution in [0.5, 0.6) is 5.75 Å². The lowest BCUT2D eigenvalue weighted by Gasteiger charge is -2.40. The average molecular weight is 496 g/mol. The second-order valence-electron chi connectivity index (χ2n) is 9.99. The summed E-state index contributed by atoms with van der Waals surface area (Å²) in [5.74, 6) is 0.695. The standard InChI is InChI=1S/C24H28F3N3O3S/c1-15-11-17(14-23(2,3)13-15)30-21-10-9-19(34(4,31)32)12-20(21)29-22(30)28-16-5-7-18(8-6-16)33-24(25,26)27/h5-10,12,15,17H,11,13-14H2,1-4H3,(H,28,29)/t15-,17-/m1/s1. The van der Waals surface area contributed by atoms with E-state index in [-0.39, 0.29) is 22.1 Å². The van der Waals surface area contributed by atoms with Crippen LogP contribution in [0.15, 0.2) is 47.4 Å². The van der Waals surface area contributed by atoms with Crippen LogP contribution >= 0.6 is 0 Å². The van der Waals surface area contributed by atoms with Crippen molar-refractivity contribution in [1.82, 2.24) is 9.55 Å². The molecule has 1 aliphatic rings. The van der Waals surface area contributed by atoms with E-state index in [2.05, 4.69) is 40.4 Å². The van der Waals surface area contributed by atoms with Crippen molar-refractivity contribution in [2.24, 2.45) is 11.3 Å². The van der Waals surface area contributed by atoms with Crippen LogP contribution < -0.4 is 10.1 Å². The fourth-order valence-electron chi connectivity index (χ4n) is 5.13. The van der Waals surface area contributed by atoms with Gasteiger partial charge in [-0.05, 0) is 73.1 Å². The Kier molecular flexibility index (Phi) is 6.08. The van der Waals surface area contributed by atoms with E-state index in [1.807, 2.05) is 0 Å². The Morgan fingerprint density at radius 3 is 2.38 bits per heavy atom. The van der Waals surface area contributed by atoms with Gasteiger partial charge in [0.25, 0.3) is 0 Å². The van der Waals surface area contributed by atoms with Gasteiger partial charge in [0.15, 0.2) is 9.84 Å². The van der Waals surface area contributed by atoms with Crippen molar-refractivity contribution in [3.8, 4) is 5.75 Å². The van der Waals surface area contributed by atoms with Crippen molar-refractivity contribution >= 4 is 32.5 Å². The van der Waals surface area contributed by atoms with Gasteiger partial charge in [-0.25, -0.2) is 13.4 Å². The first-order valence-corrected chi connectivity index (χ1v) is 12.9. The molecule has 0 aliphatic heterocycles. The lowest BCUT2D eigenvalue weighted by Crippen LogP contribution is -2.29. The SMILES string of the molecule is C[C@@H]1C[C@@H](n2c(Nc3ccc(OC(F)(F)F)cc3)nc3cc(S(C)(=O)=O)ccc32)CC(C)(C)C1. The highest BCUT2D eigenvalue weighted by molar-refractivity contribution is 7.90. The van der Waals surface area contributed by atoms with Crippen LogP contribution in [0.1, 0.15) is 46.1 Å². The summed E-state index contributed by atoms with van der Waals surface area (Å²) in [5, 5.41) is 3.22. The van der Waals surface area contributed by atoms with E-state index in [0.717, 1.165) is 31.0 Å². The topological polar surface area (TPSA) is 73.2 Å². The molecule has 2 atom stereocenters. The van der Waals surface area contributed by atoms with E-state index in [0.29, 0.717) is 23.1 Å². The highest BCUT2D eigenvalue weighted by Crippen LogP contribution is 2.46. The first-order chi connectivity index (χ1) is 15.7. The van der Waals surface area contributed by atoms with Crippen LogP contribution in [-0.2, 0) is 9.84 Å². The molecule has 1 fully saturated rings. The Morgan fingerprint density at radius 2 is 1.79 bits per heavy atom. The van der Waals surface area contributed by atoms with Gasteiger partial charge in [0.05, 0.1) is 15.9 Å². The number of benzene rings is 2. The van der Waals surface area contributed by atoms with Crippen molar-refractivity contribution in [3.05, 3.63) is 42.5 Å². The summed E-state index contributed by atoms with van der Waals surface area (Å²) in [6.45, 7) is 6.70. The number of anilines is 2. The van der Waals surface area contributed by atoms with Crippen LogP contribution in [0.3, 0.4) is 0 Å². The number of halogens is 3. The van der Waals surface area contributed by atoms with E-state index in [4.69, 9.17) is 0 Å². The molecule has 1 aromatic heterocycles. The molecule has 4 rings (SSSR count). The van der Waals surface area contributed by atoms with E-state index in [9.17, 15) is 21.6 Å². The van der Waals surface area contributed by atoms with Crippen molar-refractivity contribution < 1.29 is 26.3 Å². The lowest BCUT2D eigenvalue weighted by molar-refractivity contribution is -0.274. The molecule has 0 unspecified atom stereocenters. The van der Waals surface area contributed by atoms with Crippen LogP contribution in [0.4, 0.5) is 24.8 Å². The fourth-order valence-corrected chi connectivity index (χ4v) is 5.77. The maximum atomic E-state index is 12.5. The molecular weight excluding hydrogens is 467 g/mol. The highest BCUT2D eigenvalue weighted by Gasteiger charge is 2.35. The predicted molar refractivity (Wildman–Crippen MR) is 125 cm³/mol. The van der Waals surface area contributed by atoms with Crippen molar-refractivity contribution in [2.45, 2.75) is 57.3 Å². The number of ether oxygens (including phenoxy) is 1. The summed E-state index contributed by atoms with van der Waals surface area (Å²) in [5.41, 5.74) is 2.01. The summed E-state index contributed by atoms with van der Waals surface area (Å²) < 4.78 is 67.6. The first kappa shape index (κ1) is 24.4. The summed E-state index contributed by atoms with van der Waals surface area (Å²) in [6.07, 6.45) is -0.637. The molecule has 1 saturated carbocycles. The normalized spacial score (nSPS) is 20.9. The molecule has 1 heterocycles. The van der Waals surface area contributed by atoms with Crippen LogP contribution in [0.25, 0.3) is 11.0 Å². The molecule has 6 nitrogen and oxygen atoms in total. The van der Waals surface area contributed by atoms with E-state index >= 15 is 0 Å². The molecule has 10 heteroatoms. The second kappa shape index (κ2) is 8.48. The summed E-state index contributed by atoms with van der Waals surface area (Å²) in [7, 11) is -3.40. The number of nitrogens with one attached hydrogen (secondary N) is 1. The number of sulfone groups is 1. The van der Waals surface area contributed by atoms with Gasteiger partial charge in [-0.3, -0.25) is 0 Å². The lowest BCUT2D eigenvalue weighted by atomic mass is 9.70. The fraction of sp³-hybridized carbons (Fsp3) is 0.458. The first-order valence-electron chi connectivity index (χ1n) is 11.1. The zero-order valence-electron chi connectivity index (χ0n) is 19.5. The molecule has 0 radical (unpaired) electrons. The number of nitrogens with zero attached hydrogens (tertiary/aromatic N) is 2. The second-order valence-corrected chi connectivity index (χ2v) is 12.0.